The number of benzene rings is 2. The fourth-order valence-corrected chi connectivity index (χ4v) is 3.78. The van der Waals surface area contributed by atoms with Gasteiger partial charge in [0.15, 0.2) is 11.2 Å². The van der Waals surface area contributed by atoms with Crippen LogP contribution in [0.3, 0.4) is 0 Å². The van der Waals surface area contributed by atoms with Crippen molar-refractivity contribution < 1.29 is 28.5 Å². The number of phenols is 2. The average Bonchev–Trinajstić information content (AvgIpc) is 2.68. The van der Waals surface area contributed by atoms with Crippen LogP contribution >= 0.6 is 0 Å². The molecule has 0 spiro atoms. The van der Waals surface area contributed by atoms with Gasteiger partial charge in [-0.25, -0.2) is 9.59 Å². The van der Waals surface area contributed by atoms with Crippen LogP contribution in [0.1, 0.15) is 11.1 Å². The van der Waals surface area contributed by atoms with Crippen LogP contribution in [-0.2, 0) is 0 Å². The van der Waals surface area contributed by atoms with Crippen molar-refractivity contribution in [2.75, 3.05) is 14.2 Å². The molecule has 2 aromatic carbocycles. The zero-order valence-electron chi connectivity index (χ0n) is 16.7. The first-order valence-electron chi connectivity index (χ1n) is 8.96. The van der Waals surface area contributed by atoms with Crippen molar-refractivity contribution in [1.82, 2.24) is 0 Å². The Bertz CT molecular complexity index is 1330. The third-order valence-electron chi connectivity index (χ3n) is 5.00. The standard InChI is InChI=1S/C22H18O8/c1-9-5-11(23)19(21-17(9)13(27-3)7-15(25)29-21)20-12(24)6-10(2)18-14(28-4)8-16(26)30-22(18)20/h5-8,23-24H,1-4H3. The summed E-state index contributed by atoms with van der Waals surface area (Å²) >= 11 is 0. The smallest absolute Gasteiger partial charge is 0.339 e. The Morgan fingerprint density at radius 1 is 0.700 bits per heavy atom. The Morgan fingerprint density at radius 2 is 1.07 bits per heavy atom. The van der Waals surface area contributed by atoms with Gasteiger partial charge in [-0.2, -0.15) is 0 Å². The third kappa shape index (κ3) is 2.76. The van der Waals surface area contributed by atoms with Gasteiger partial charge in [0, 0.05) is 0 Å². The zero-order valence-corrected chi connectivity index (χ0v) is 16.7. The van der Waals surface area contributed by atoms with E-state index < -0.39 is 11.3 Å². The first-order valence-corrected chi connectivity index (χ1v) is 8.96. The van der Waals surface area contributed by atoms with E-state index in [1.54, 1.807) is 13.8 Å². The summed E-state index contributed by atoms with van der Waals surface area (Å²) in [5, 5.41) is 22.4. The average molecular weight is 410 g/mol. The Balaban J connectivity index is 2.30. The fourth-order valence-electron chi connectivity index (χ4n) is 3.78. The topological polar surface area (TPSA) is 119 Å². The number of aryl methyl sites for hydroxylation is 2. The second-order valence-electron chi connectivity index (χ2n) is 6.85. The van der Waals surface area contributed by atoms with Crippen LogP contribution in [0.4, 0.5) is 0 Å². The molecule has 0 aliphatic heterocycles. The molecule has 0 aliphatic carbocycles. The van der Waals surface area contributed by atoms with Crippen molar-refractivity contribution in [3.8, 4) is 34.1 Å². The van der Waals surface area contributed by atoms with Gasteiger partial charge in [-0.3, -0.25) is 0 Å². The van der Waals surface area contributed by atoms with E-state index in [0.717, 1.165) is 0 Å². The molecular formula is C22H18O8. The summed E-state index contributed by atoms with van der Waals surface area (Å²) in [6, 6.07) is 5.27. The predicted octanol–water partition coefficient (Wildman–Crippen LogP) is 3.61. The van der Waals surface area contributed by atoms with Crippen molar-refractivity contribution >= 4 is 21.9 Å². The van der Waals surface area contributed by atoms with Gasteiger partial charge in [0.05, 0.1) is 48.3 Å². The normalized spacial score (nSPS) is 11.2. The zero-order chi connectivity index (χ0) is 21.7. The van der Waals surface area contributed by atoms with Crippen LogP contribution in [0.2, 0.25) is 0 Å². The quantitative estimate of drug-likeness (QED) is 0.492. The molecule has 2 N–H and O–H groups in total. The van der Waals surface area contributed by atoms with E-state index in [1.165, 1.54) is 38.5 Å². The molecule has 2 aromatic heterocycles. The number of rotatable bonds is 3. The van der Waals surface area contributed by atoms with Gasteiger partial charge >= 0.3 is 11.3 Å². The molecule has 8 nitrogen and oxygen atoms in total. The number of ether oxygens (including phenoxy) is 2. The number of hydrogen-bond donors (Lipinski definition) is 2. The highest BCUT2D eigenvalue weighted by Crippen LogP contribution is 2.48. The molecule has 0 radical (unpaired) electrons. The molecule has 8 heteroatoms. The molecular weight excluding hydrogens is 392 g/mol. The number of phenolic OH excluding ortho intramolecular Hbond substituents is 2. The van der Waals surface area contributed by atoms with Gasteiger partial charge in [0.1, 0.15) is 23.0 Å². The second-order valence-corrected chi connectivity index (χ2v) is 6.85. The molecule has 30 heavy (non-hydrogen) atoms. The van der Waals surface area contributed by atoms with Gasteiger partial charge < -0.3 is 28.5 Å². The maximum atomic E-state index is 12.1. The Kier molecular flexibility index (Phi) is 4.42. The van der Waals surface area contributed by atoms with Crippen molar-refractivity contribution in [2.45, 2.75) is 13.8 Å². The molecule has 0 unspecified atom stereocenters. The number of fused-ring (bicyclic) bond motifs is 2. The highest BCUT2D eigenvalue weighted by Gasteiger charge is 2.25. The van der Waals surface area contributed by atoms with Gasteiger partial charge in [0.2, 0.25) is 0 Å². The lowest BCUT2D eigenvalue weighted by atomic mass is 9.94. The molecule has 4 rings (SSSR count). The van der Waals surface area contributed by atoms with Crippen LogP contribution in [-0.4, -0.2) is 24.4 Å². The number of methoxy groups -OCH3 is 2. The number of hydrogen-bond acceptors (Lipinski definition) is 8. The molecule has 0 saturated heterocycles. The maximum Gasteiger partial charge on any atom is 0.339 e. The van der Waals surface area contributed by atoms with Crippen molar-refractivity contribution in [2.24, 2.45) is 0 Å². The third-order valence-corrected chi connectivity index (χ3v) is 5.00. The molecule has 0 fully saturated rings. The van der Waals surface area contributed by atoms with E-state index >= 15 is 0 Å². The van der Waals surface area contributed by atoms with Gasteiger partial charge in [-0.15, -0.1) is 0 Å². The van der Waals surface area contributed by atoms with Gasteiger partial charge in [-0.05, 0) is 37.1 Å². The van der Waals surface area contributed by atoms with E-state index in [-0.39, 0.29) is 45.3 Å². The largest absolute Gasteiger partial charge is 0.507 e. The molecule has 4 aromatic rings. The Morgan fingerprint density at radius 3 is 1.40 bits per heavy atom. The maximum absolute atomic E-state index is 12.1. The van der Waals surface area contributed by atoms with Gasteiger partial charge in [-0.1, -0.05) is 0 Å². The lowest BCUT2D eigenvalue weighted by Crippen LogP contribution is -2.03. The van der Waals surface area contributed by atoms with Crippen LogP contribution in [0, 0.1) is 13.8 Å². The lowest BCUT2D eigenvalue weighted by Gasteiger charge is -2.16. The van der Waals surface area contributed by atoms with E-state index in [2.05, 4.69) is 0 Å². The highest BCUT2D eigenvalue weighted by molar-refractivity contribution is 6.09. The Hall–Kier alpha value is -3.94. The first-order chi connectivity index (χ1) is 14.3. The molecule has 0 atom stereocenters. The SMILES string of the molecule is COc1cc(=O)oc2c(-c3c(O)cc(C)c4c(OC)cc(=O)oc34)c(O)cc(C)c12. The lowest BCUT2D eigenvalue weighted by molar-refractivity contribution is 0.411. The summed E-state index contributed by atoms with van der Waals surface area (Å²) in [7, 11) is 2.81. The van der Waals surface area contributed by atoms with E-state index in [4.69, 9.17) is 18.3 Å². The fraction of sp³-hybridized carbons (Fsp3) is 0.182. The van der Waals surface area contributed by atoms with Crippen molar-refractivity contribution in [1.29, 1.82) is 0 Å². The summed E-state index contributed by atoms with van der Waals surface area (Å²) in [5.74, 6) is -0.0606. The minimum atomic E-state index is -0.708. The predicted molar refractivity (Wildman–Crippen MR) is 110 cm³/mol. The van der Waals surface area contributed by atoms with Crippen molar-refractivity contribution in [3.63, 3.8) is 0 Å². The summed E-state index contributed by atoms with van der Waals surface area (Å²) in [6.45, 7) is 3.43. The number of aromatic hydroxyl groups is 2. The summed E-state index contributed by atoms with van der Waals surface area (Å²) in [5.41, 5.74) is -0.286. The van der Waals surface area contributed by atoms with Crippen LogP contribution < -0.4 is 20.7 Å². The summed E-state index contributed by atoms with van der Waals surface area (Å²) in [4.78, 5) is 24.3. The first kappa shape index (κ1) is 19.4. The summed E-state index contributed by atoms with van der Waals surface area (Å²) < 4.78 is 21.5. The Labute approximate surface area is 169 Å². The van der Waals surface area contributed by atoms with E-state index in [0.29, 0.717) is 21.9 Å². The van der Waals surface area contributed by atoms with E-state index in [1.807, 2.05) is 0 Å². The minimum absolute atomic E-state index is 0.00879. The molecule has 154 valence electrons. The van der Waals surface area contributed by atoms with Crippen molar-refractivity contribution in [3.05, 3.63) is 56.2 Å². The second kappa shape index (κ2) is 6.84. The monoisotopic (exact) mass is 410 g/mol. The van der Waals surface area contributed by atoms with Crippen LogP contribution in [0.5, 0.6) is 23.0 Å². The summed E-state index contributed by atoms with van der Waals surface area (Å²) in [6.07, 6.45) is 0. The molecule has 2 heterocycles. The molecule has 0 bridgehead atoms. The van der Waals surface area contributed by atoms with E-state index in [9.17, 15) is 19.8 Å². The molecule has 0 aliphatic rings. The van der Waals surface area contributed by atoms with Gasteiger partial charge in [0.25, 0.3) is 0 Å². The van der Waals surface area contributed by atoms with Crippen LogP contribution in [0.15, 0.2) is 42.7 Å². The van der Waals surface area contributed by atoms with Crippen LogP contribution in [0.25, 0.3) is 33.1 Å². The highest BCUT2D eigenvalue weighted by atomic mass is 16.5. The molecule has 0 amide bonds. The molecule has 0 saturated carbocycles. The minimum Gasteiger partial charge on any atom is -0.507 e.